The fourth-order valence-corrected chi connectivity index (χ4v) is 6.42. The zero-order valence-electron chi connectivity index (χ0n) is 24.1. The van der Waals surface area contributed by atoms with E-state index in [1.807, 2.05) is 6.07 Å². The molecule has 44 heavy (non-hydrogen) atoms. The van der Waals surface area contributed by atoms with Gasteiger partial charge in [0.05, 0.1) is 44.8 Å². The van der Waals surface area contributed by atoms with E-state index in [9.17, 15) is 18.0 Å². The molecular weight excluding hydrogens is 597 g/mol. The second-order valence-electron chi connectivity index (χ2n) is 11.1. The van der Waals surface area contributed by atoms with E-state index in [1.165, 1.54) is 28.1 Å². The van der Waals surface area contributed by atoms with Crippen LogP contribution in [-0.2, 0) is 16.0 Å². The highest BCUT2D eigenvalue weighted by Gasteiger charge is 2.37. The number of nitrogens with one attached hydrogen (secondary N) is 2. The quantitative estimate of drug-likeness (QED) is 0.289. The number of fused-ring (bicyclic) bond motifs is 4. The predicted molar refractivity (Wildman–Crippen MR) is 159 cm³/mol. The van der Waals surface area contributed by atoms with Gasteiger partial charge in [-0.1, -0.05) is 5.92 Å². The third-order valence-electron chi connectivity index (χ3n) is 8.11. The molecule has 2 aliphatic heterocycles. The Balaban J connectivity index is 1.29. The van der Waals surface area contributed by atoms with Crippen LogP contribution in [0.4, 0.5) is 24.7 Å². The van der Waals surface area contributed by atoms with Crippen molar-refractivity contribution in [3.05, 3.63) is 35.8 Å². The van der Waals surface area contributed by atoms with E-state index in [0.717, 1.165) is 25.9 Å². The van der Waals surface area contributed by atoms with Gasteiger partial charge in [0.1, 0.15) is 22.1 Å². The van der Waals surface area contributed by atoms with Crippen molar-refractivity contribution in [3.63, 3.8) is 0 Å². The minimum absolute atomic E-state index is 0.0185. The summed E-state index contributed by atoms with van der Waals surface area (Å²) in [6.07, 6.45) is 7.10. The van der Waals surface area contributed by atoms with Gasteiger partial charge in [-0.25, -0.2) is 9.67 Å². The average molecular weight is 633 g/mol. The molecule has 15 heteroatoms. The van der Waals surface area contributed by atoms with Crippen LogP contribution in [0.5, 0.6) is 0 Å². The van der Waals surface area contributed by atoms with Gasteiger partial charge in [-0.2, -0.15) is 18.3 Å². The maximum atomic E-state index is 13.6. The summed E-state index contributed by atoms with van der Waals surface area (Å²) < 4.78 is 55.4. The summed E-state index contributed by atoms with van der Waals surface area (Å²) >= 11 is -0.259. The highest BCUT2D eigenvalue weighted by molar-refractivity contribution is 8.00. The van der Waals surface area contributed by atoms with Crippen LogP contribution in [0.25, 0.3) is 5.65 Å². The van der Waals surface area contributed by atoms with Crippen molar-refractivity contribution in [2.45, 2.75) is 54.8 Å². The number of hydrogen-bond acceptors (Lipinski definition) is 9. The SMILES string of the molecule is Nc1c2cnn1CCOCCOCC[C@H]1CN(C3CC3)CC[C@@H]1Nc1cccn3c(SC(F)(F)F)c(nc13)C#CCNC2=O. The topological polar surface area (TPSA) is 124 Å². The number of likely N-dealkylation sites (tertiary alicyclic amines) is 1. The Bertz CT molecular complexity index is 1540. The molecule has 0 radical (unpaired) electrons. The molecule has 1 saturated heterocycles. The molecule has 1 aliphatic carbocycles. The van der Waals surface area contributed by atoms with E-state index in [1.54, 1.807) is 12.3 Å². The lowest BCUT2D eigenvalue weighted by atomic mass is 9.89. The second kappa shape index (κ2) is 13.3. The summed E-state index contributed by atoms with van der Waals surface area (Å²) in [5.41, 5.74) is 2.73. The lowest BCUT2D eigenvalue weighted by molar-refractivity contribution is -0.0330. The van der Waals surface area contributed by atoms with Crippen LogP contribution < -0.4 is 16.4 Å². The fourth-order valence-electron chi connectivity index (χ4n) is 5.76. The van der Waals surface area contributed by atoms with Gasteiger partial charge in [-0.3, -0.25) is 14.1 Å². The Hall–Kier alpha value is -3.45. The molecule has 0 aromatic carbocycles. The summed E-state index contributed by atoms with van der Waals surface area (Å²) in [6.45, 7) is 3.90. The molecule has 2 fully saturated rings. The molecule has 1 saturated carbocycles. The number of carbonyl (C=O) groups excluding carboxylic acids is 1. The summed E-state index contributed by atoms with van der Waals surface area (Å²) in [4.78, 5) is 19.8. The first-order valence-electron chi connectivity index (χ1n) is 14.8. The van der Waals surface area contributed by atoms with Crippen molar-refractivity contribution >= 4 is 34.8 Å². The predicted octanol–water partition coefficient (Wildman–Crippen LogP) is 3.21. The van der Waals surface area contributed by atoms with E-state index >= 15 is 0 Å². The van der Waals surface area contributed by atoms with Gasteiger partial charge in [0.25, 0.3) is 5.91 Å². The largest absolute Gasteiger partial charge is 0.447 e. The van der Waals surface area contributed by atoms with Gasteiger partial charge in [0, 0.05) is 49.7 Å². The summed E-state index contributed by atoms with van der Waals surface area (Å²) in [6, 6.07) is 4.29. The number of hydrogen-bond donors (Lipinski definition) is 3. The molecule has 5 heterocycles. The number of aromatic nitrogens is 4. The van der Waals surface area contributed by atoms with E-state index in [0.29, 0.717) is 50.3 Å². The first-order valence-corrected chi connectivity index (χ1v) is 15.6. The summed E-state index contributed by atoms with van der Waals surface area (Å²) in [7, 11) is 0. The number of anilines is 2. The van der Waals surface area contributed by atoms with Crippen LogP contribution >= 0.6 is 11.8 Å². The second-order valence-corrected chi connectivity index (χ2v) is 12.2. The molecule has 2 atom stereocenters. The average Bonchev–Trinajstić information content (AvgIpc) is 3.70. The molecule has 4 N–H and O–H groups in total. The molecule has 6 rings (SSSR count). The lowest BCUT2D eigenvalue weighted by Crippen LogP contribution is -2.47. The lowest BCUT2D eigenvalue weighted by Gasteiger charge is -2.39. The summed E-state index contributed by atoms with van der Waals surface area (Å²) in [5.74, 6) is 5.45. The molecule has 11 nitrogen and oxygen atoms in total. The number of thioether (sulfide) groups is 1. The van der Waals surface area contributed by atoms with Gasteiger partial charge in [0.2, 0.25) is 0 Å². The minimum Gasteiger partial charge on any atom is -0.383 e. The van der Waals surface area contributed by atoms with Crippen LogP contribution in [0.2, 0.25) is 0 Å². The third-order valence-corrected chi connectivity index (χ3v) is 8.92. The first-order chi connectivity index (χ1) is 21.3. The van der Waals surface area contributed by atoms with Gasteiger partial charge < -0.3 is 25.8 Å². The number of nitrogens with two attached hydrogens (primary N) is 1. The van der Waals surface area contributed by atoms with Gasteiger partial charge >= 0.3 is 5.51 Å². The molecule has 3 aliphatic rings. The Kier molecular flexibility index (Phi) is 9.22. The van der Waals surface area contributed by atoms with Crippen molar-refractivity contribution < 1.29 is 27.4 Å². The molecule has 3 aromatic heterocycles. The molecule has 4 bridgehead atoms. The number of piperidine rings is 1. The van der Waals surface area contributed by atoms with Crippen LogP contribution in [0.15, 0.2) is 29.6 Å². The Labute approximate surface area is 257 Å². The van der Waals surface area contributed by atoms with E-state index in [4.69, 9.17) is 15.2 Å². The number of ether oxygens (including phenoxy) is 2. The van der Waals surface area contributed by atoms with Crippen LogP contribution in [0.3, 0.4) is 0 Å². The van der Waals surface area contributed by atoms with Crippen molar-refractivity contribution in [1.82, 2.24) is 29.4 Å². The van der Waals surface area contributed by atoms with Crippen molar-refractivity contribution in [3.8, 4) is 11.8 Å². The van der Waals surface area contributed by atoms with Gasteiger partial charge in [0.15, 0.2) is 5.65 Å². The van der Waals surface area contributed by atoms with E-state index in [2.05, 4.69) is 37.5 Å². The molecular formula is C29H35F3N8O3S. The van der Waals surface area contributed by atoms with Crippen LogP contribution in [0, 0.1) is 17.8 Å². The highest BCUT2D eigenvalue weighted by Crippen LogP contribution is 2.40. The Morgan fingerprint density at radius 3 is 2.70 bits per heavy atom. The molecule has 0 unspecified atom stereocenters. The molecule has 1 amide bonds. The number of halogens is 3. The number of amides is 1. The van der Waals surface area contributed by atoms with Crippen LogP contribution in [0.1, 0.15) is 41.7 Å². The van der Waals surface area contributed by atoms with E-state index in [-0.39, 0.29) is 52.4 Å². The zero-order chi connectivity index (χ0) is 30.7. The monoisotopic (exact) mass is 632 g/mol. The van der Waals surface area contributed by atoms with Gasteiger partial charge in [-0.05, 0) is 49.7 Å². The molecule has 0 spiro atoms. The number of alkyl halides is 3. The zero-order valence-corrected chi connectivity index (χ0v) is 24.9. The van der Waals surface area contributed by atoms with Crippen molar-refractivity contribution in [2.75, 3.05) is 57.1 Å². The number of carbonyl (C=O) groups is 1. The maximum Gasteiger partial charge on any atom is 0.447 e. The fraction of sp³-hybridized carbons (Fsp3) is 0.552. The van der Waals surface area contributed by atoms with Crippen molar-refractivity contribution in [2.24, 2.45) is 5.92 Å². The first kappa shape index (κ1) is 30.6. The number of nitrogens with zero attached hydrogens (tertiary/aromatic N) is 5. The van der Waals surface area contributed by atoms with Crippen molar-refractivity contribution in [1.29, 1.82) is 0 Å². The smallest absolute Gasteiger partial charge is 0.383 e. The molecule has 3 aromatic rings. The van der Waals surface area contributed by atoms with E-state index < -0.39 is 11.4 Å². The normalized spacial score (nSPS) is 22.9. The van der Waals surface area contributed by atoms with Crippen LogP contribution in [-0.4, -0.2) is 93.6 Å². The maximum absolute atomic E-state index is 13.6. The van der Waals surface area contributed by atoms with Gasteiger partial charge in [-0.15, -0.1) is 0 Å². The third kappa shape index (κ3) is 7.26. The summed E-state index contributed by atoms with van der Waals surface area (Å²) in [5, 5.41) is 10.3. The Morgan fingerprint density at radius 2 is 1.91 bits per heavy atom. The minimum atomic E-state index is -4.55. The number of imidazole rings is 1. The highest BCUT2D eigenvalue weighted by atomic mass is 32.2. The Morgan fingerprint density at radius 1 is 1.09 bits per heavy atom. The standard InChI is InChI=1S/C29H35F3N8O3S/c30-29(31,32)44-28-24-3-1-9-34-27(41)21-17-35-40(25(21)33)12-14-43-16-15-42-13-8-19-18-38(20-5-6-20)11-7-22(19)36-23-4-2-10-39(28)26(23)37-24/h2,4,10,17,19-20,22,36H,5-9,11-16,18,33H2,(H,34,41)/t19-,22-/m0/s1. The number of nitrogen functional groups attached to an aromatic ring is 1. The number of rotatable bonds is 2. The molecule has 236 valence electrons. The number of pyridine rings is 1.